The van der Waals surface area contributed by atoms with Gasteiger partial charge in [0.2, 0.25) is 5.13 Å². The van der Waals surface area contributed by atoms with Crippen molar-refractivity contribution in [2.75, 3.05) is 31.0 Å². The number of carbonyl (C=O) groups is 1. The first-order chi connectivity index (χ1) is 11.9. The van der Waals surface area contributed by atoms with Crippen molar-refractivity contribution < 1.29 is 13.9 Å². The standard InChI is InChI=1S/C16H18BrFN4O2S/c1-4-24-15(23)7-11-9-25-16(20-11)21-19-8-12-13(17)5-10(18)6-14(12)22(2)3/h5-6,8-9H,4,7H2,1-3H3,(H,20,21). The maximum absolute atomic E-state index is 13.6. The van der Waals surface area contributed by atoms with Gasteiger partial charge in [0.1, 0.15) is 5.82 Å². The zero-order valence-corrected chi connectivity index (χ0v) is 16.4. The lowest BCUT2D eigenvalue weighted by molar-refractivity contribution is -0.142. The third-order valence-corrected chi connectivity index (χ3v) is 4.54. The van der Waals surface area contributed by atoms with Crippen molar-refractivity contribution in [3.05, 3.63) is 39.1 Å². The summed E-state index contributed by atoms with van der Waals surface area (Å²) in [6.07, 6.45) is 1.72. The van der Waals surface area contributed by atoms with Crippen molar-refractivity contribution in [2.24, 2.45) is 5.10 Å². The van der Waals surface area contributed by atoms with Crippen molar-refractivity contribution in [1.82, 2.24) is 4.98 Å². The molecule has 0 unspecified atom stereocenters. The smallest absolute Gasteiger partial charge is 0.311 e. The molecule has 1 heterocycles. The van der Waals surface area contributed by atoms with Gasteiger partial charge in [-0.2, -0.15) is 5.10 Å². The Morgan fingerprint density at radius 3 is 2.96 bits per heavy atom. The van der Waals surface area contributed by atoms with Crippen molar-refractivity contribution in [1.29, 1.82) is 0 Å². The molecule has 0 bridgehead atoms. The molecular formula is C16H18BrFN4O2S. The van der Waals surface area contributed by atoms with Crippen LogP contribution in [0, 0.1) is 5.82 Å². The van der Waals surface area contributed by atoms with Crippen LogP contribution in [0.3, 0.4) is 0 Å². The van der Waals surface area contributed by atoms with Crippen LogP contribution < -0.4 is 10.3 Å². The van der Waals surface area contributed by atoms with E-state index < -0.39 is 0 Å². The zero-order valence-electron chi connectivity index (χ0n) is 14.0. The van der Waals surface area contributed by atoms with E-state index in [9.17, 15) is 9.18 Å². The monoisotopic (exact) mass is 428 g/mol. The van der Waals surface area contributed by atoms with E-state index in [1.54, 1.807) is 23.4 Å². The molecule has 0 radical (unpaired) electrons. The van der Waals surface area contributed by atoms with Crippen LogP contribution >= 0.6 is 27.3 Å². The number of carbonyl (C=O) groups excluding carboxylic acids is 1. The van der Waals surface area contributed by atoms with Crippen molar-refractivity contribution in [2.45, 2.75) is 13.3 Å². The normalized spacial score (nSPS) is 10.9. The van der Waals surface area contributed by atoms with Gasteiger partial charge in [0.05, 0.1) is 24.9 Å². The van der Waals surface area contributed by atoms with E-state index in [-0.39, 0.29) is 18.2 Å². The second-order valence-corrected chi connectivity index (χ2v) is 6.92. The Hall–Kier alpha value is -2.00. The molecule has 0 aliphatic carbocycles. The molecule has 0 fully saturated rings. The molecule has 2 aromatic rings. The third-order valence-electron chi connectivity index (χ3n) is 3.09. The summed E-state index contributed by atoms with van der Waals surface area (Å²) in [5, 5.41) is 6.48. The molecular weight excluding hydrogens is 411 g/mol. The average molecular weight is 429 g/mol. The van der Waals surface area contributed by atoms with E-state index in [2.05, 4.69) is 31.4 Å². The average Bonchev–Trinajstić information content (AvgIpc) is 2.96. The summed E-state index contributed by atoms with van der Waals surface area (Å²) < 4.78 is 19.0. The highest BCUT2D eigenvalue weighted by molar-refractivity contribution is 9.10. The summed E-state index contributed by atoms with van der Waals surface area (Å²) in [7, 11) is 3.66. The maximum atomic E-state index is 13.6. The lowest BCUT2D eigenvalue weighted by atomic mass is 10.2. The molecule has 25 heavy (non-hydrogen) atoms. The number of esters is 1. The van der Waals surface area contributed by atoms with Gasteiger partial charge in [0, 0.05) is 35.2 Å². The number of rotatable bonds is 7. The first-order valence-corrected chi connectivity index (χ1v) is 9.13. The van der Waals surface area contributed by atoms with Crippen LogP contribution in [0.5, 0.6) is 0 Å². The van der Waals surface area contributed by atoms with E-state index in [1.807, 2.05) is 14.1 Å². The Morgan fingerprint density at radius 2 is 2.28 bits per heavy atom. The summed E-state index contributed by atoms with van der Waals surface area (Å²) in [6.45, 7) is 2.11. The SMILES string of the molecule is CCOC(=O)Cc1csc(NN=Cc2c(Br)cc(F)cc2N(C)C)n1. The number of nitrogens with one attached hydrogen (secondary N) is 1. The van der Waals surface area contributed by atoms with Crippen LogP contribution in [-0.2, 0) is 16.0 Å². The number of benzene rings is 1. The Labute approximate surface area is 157 Å². The van der Waals surface area contributed by atoms with Crippen LogP contribution in [0.25, 0.3) is 0 Å². The van der Waals surface area contributed by atoms with Crippen LogP contribution in [0.15, 0.2) is 27.1 Å². The van der Waals surface area contributed by atoms with Crippen molar-refractivity contribution >= 4 is 50.3 Å². The van der Waals surface area contributed by atoms with E-state index in [1.165, 1.54) is 23.5 Å². The summed E-state index contributed by atoms with van der Waals surface area (Å²) in [4.78, 5) is 17.5. The fourth-order valence-electron chi connectivity index (χ4n) is 2.02. The number of hydrogen-bond acceptors (Lipinski definition) is 7. The summed E-state index contributed by atoms with van der Waals surface area (Å²) in [6, 6.07) is 2.82. The van der Waals surface area contributed by atoms with E-state index in [4.69, 9.17) is 4.74 Å². The molecule has 0 saturated heterocycles. The fraction of sp³-hybridized carbons (Fsp3) is 0.312. The quantitative estimate of drug-likeness (QED) is 0.414. The van der Waals surface area contributed by atoms with Gasteiger partial charge in [0.15, 0.2) is 0 Å². The molecule has 1 aromatic heterocycles. The Bertz CT molecular complexity index is 779. The number of aromatic nitrogens is 1. The minimum absolute atomic E-state index is 0.129. The highest BCUT2D eigenvalue weighted by Gasteiger charge is 2.10. The first-order valence-electron chi connectivity index (χ1n) is 7.46. The molecule has 1 aromatic carbocycles. The van der Waals surface area contributed by atoms with Crippen LogP contribution in [0.2, 0.25) is 0 Å². The minimum atomic E-state index is -0.329. The third kappa shape index (κ3) is 5.50. The fourth-order valence-corrected chi connectivity index (χ4v) is 3.20. The van der Waals surface area contributed by atoms with Crippen LogP contribution in [0.4, 0.5) is 15.2 Å². The lowest BCUT2D eigenvalue weighted by Crippen LogP contribution is -2.12. The van der Waals surface area contributed by atoms with Gasteiger partial charge in [-0.3, -0.25) is 10.2 Å². The van der Waals surface area contributed by atoms with E-state index in [0.717, 1.165) is 5.56 Å². The molecule has 0 aliphatic rings. The molecule has 0 saturated carbocycles. The lowest BCUT2D eigenvalue weighted by Gasteiger charge is -2.16. The molecule has 0 spiro atoms. The van der Waals surface area contributed by atoms with Crippen molar-refractivity contribution in [3.63, 3.8) is 0 Å². The molecule has 0 atom stereocenters. The molecule has 6 nitrogen and oxygen atoms in total. The van der Waals surface area contributed by atoms with Gasteiger partial charge in [-0.15, -0.1) is 11.3 Å². The Balaban J connectivity index is 2.07. The molecule has 1 N–H and O–H groups in total. The number of anilines is 2. The van der Waals surface area contributed by atoms with Gasteiger partial charge >= 0.3 is 5.97 Å². The van der Waals surface area contributed by atoms with Crippen LogP contribution in [-0.4, -0.2) is 37.9 Å². The minimum Gasteiger partial charge on any atom is -0.466 e. The van der Waals surface area contributed by atoms with Gasteiger partial charge in [-0.05, 0) is 35.0 Å². The number of ether oxygens (including phenoxy) is 1. The predicted molar refractivity (Wildman–Crippen MR) is 102 cm³/mol. The molecule has 0 aliphatic heterocycles. The number of thiazole rings is 1. The number of nitrogens with zero attached hydrogens (tertiary/aromatic N) is 3. The molecule has 2 rings (SSSR count). The summed E-state index contributed by atoms with van der Waals surface area (Å²) in [5.41, 5.74) is 4.87. The van der Waals surface area contributed by atoms with Gasteiger partial charge < -0.3 is 9.64 Å². The predicted octanol–water partition coefficient (Wildman–Crippen LogP) is 3.66. The molecule has 9 heteroatoms. The van der Waals surface area contributed by atoms with E-state index in [0.29, 0.717) is 27.6 Å². The van der Waals surface area contributed by atoms with Crippen molar-refractivity contribution in [3.8, 4) is 0 Å². The molecule has 134 valence electrons. The zero-order chi connectivity index (χ0) is 18.4. The second-order valence-electron chi connectivity index (χ2n) is 5.21. The topological polar surface area (TPSA) is 66.8 Å². The largest absolute Gasteiger partial charge is 0.466 e. The second kappa shape index (κ2) is 8.91. The number of hydrazone groups is 1. The number of halogens is 2. The summed E-state index contributed by atoms with van der Waals surface area (Å²) in [5.74, 6) is -0.641. The Kier molecular flexibility index (Phi) is 6.89. The highest BCUT2D eigenvalue weighted by Crippen LogP contribution is 2.27. The highest BCUT2D eigenvalue weighted by atomic mass is 79.9. The maximum Gasteiger partial charge on any atom is 0.311 e. The van der Waals surface area contributed by atoms with Crippen LogP contribution in [0.1, 0.15) is 18.2 Å². The van der Waals surface area contributed by atoms with Gasteiger partial charge in [-0.25, -0.2) is 9.37 Å². The first kappa shape index (κ1) is 19.3. The molecule has 0 amide bonds. The van der Waals surface area contributed by atoms with Gasteiger partial charge in [-0.1, -0.05) is 0 Å². The number of hydrogen-bond donors (Lipinski definition) is 1. The van der Waals surface area contributed by atoms with Gasteiger partial charge in [0.25, 0.3) is 0 Å². The van der Waals surface area contributed by atoms with E-state index >= 15 is 0 Å². The Morgan fingerprint density at radius 1 is 1.52 bits per heavy atom. The summed E-state index contributed by atoms with van der Waals surface area (Å²) >= 11 is 4.68.